The van der Waals surface area contributed by atoms with Crippen LogP contribution in [0.1, 0.15) is 40.1 Å². The summed E-state index contributed by atoms with van der Waals surface area (Å²) < 4.78 is 7.23. The van der Waals surface area contributed by atoms with Gasteiger partial charge in [0.25, 0.3) is 0 Å². The molecule has 1 atom stereocenters. The first-order valence-corrected chi connectivity index (χ1v) is 11.8. The van der Waals surface area contributed by atoms with E-state index in [1.807, 2.05) is 60.8 Å². The van der Waals surface area contributed by atoms with Crippen LogP contribution in [0.15, 0.2) is 91.1 Å². The molecule has 1 aliphatic rings. The number of benzene rings is 3. The van der Waals surface area contributed by atoms with Gasteiger partial charge in [-0.15, -0.1) is 0 Å². The van der Waals surface area contributed by atoms with Crippen LogP contribution >= 0.6 is 11.6 Å². The molecule has 35 heavy (non-hydrogen) atoms. The zero-order valence-corrected chi connectivity index (χ0v) is 19.9. The second-order valence-electron chi connectivity index (χ2n) is 8.25. The van der Waals surface area contributed by atoms with Crippen molar-refractivity contribution in [3.8, 4) is 5.69 Å². The predicted molar refractivity (Wildman–Crippen MR) is 136 cm³/mol. The van der Waals surface area contributed by atoms with E-state index in [1.54, 1.807) is 36.1 Å². The molecule has 0 unspecified atom stereocenters. The Labute approximate surface area is 208 Å². The molecule has 0 saturated carbocycles. The summed E-state index contributed by atoms with van der Waals surface area (Å²) in [5.41, 5.74) is 4.87. The number of esters is 1. The molecule has 5 rings (SSSR count). The summed E-state index contributed by atoms with van der Waals surface area (Å²) in [6.07, 6.45) is 2.02. The minimum atomic E-state index is -0.427. The van der Waals surface area contributed by atoms with Gasteiger partial charge in [-0.3, -0.25) is 0 Å². The molecule has 1 aromatic heterocycles. The van der Waals surface area contributed by atoms with E-state index in [2.05, 4.69) is 16.0 Å². The maximum absolute atomic E-state index is 13.8. The van der Waals surface area contributed by atoms with E-state index < -0.39 is 5.97 Å². The van der Waals surface area contributed by atoms with Crippen LogP contribution in [0.4, 0.5) is 10.5 Å². The van der Waals surface area contributed by atoms with Gasteiger partial charge in [0.2, 0.25) is 0 Å². The van der Waals surface area contributed by atoms with Crippen molar-refractivity contribution in [3.63, 3.8) is 0 Å². The molecular weight excluding hydrogens is 462 g/mol. The zero-order valence-electron chi connectivity index (χ0n) is 19.1. The number of aromatic nitrogens is 1. The molecule has 0 radical (unpaired) electrons. The third-order valence-corrected chi connectivity index (χ3v) is 6.29. The maximum Gasteiger partial charge on any atom is 0.338 e. The molecule has 2 heterocycles. The van der Waals surface area contributed by atoms with Crippen LogP contribution in [0.3, 0.4) is 0 Å². The van der Waals surface area contributed by atoms with Gasteiger partial charge in [-0.25, -0.2) is 9.59 Å². The molecule has 1 aliphatic heterocycles. The first-order valence-electron chi connectivity index (χ1n) is 11.4. The number of fused-ring (bicyclic) bond motifs is 3. The number of carbonyl (C=O) groups excluding carboxylic acids is 2. The van der Waals surface area contributed by atoms with Crippen molar-refractivity contribution in [2.24, 2.45) is 0 Å². The summed E-state index contributed by atoms with van der Waals surface area (Å²) in [6, 6.07) is 25.8. The van der Waals surface area contributed by atoms with Crippen molar-refractivity contribution in [1.82, 2.24) is 9.47 Å². The SMILES string of the molecule is CCOC(=O)c1cccc(NC(=O)N2Cc3ccccc3-n3cccc3[C@H]2c2ccc(Cl)cc2)c1. The lowest BCUT2D eigenvalue weighted by Gasteiger charge is -2.31. The second-order valence-corrected chi connectivity index (χ2v) is 8.68. The van der Waals surface area contributed by atoms with E-state index in [-0.39, 0.29) is 18.7 Å². The van der Waals surface area contributed by atoms with Gasteiger partial charge in [0.05, 0.1) is 30.4 Å². The van der Waals surface area contributed by atoms with E-state index in [9.17, 15) is 9.59 Å². The highest BCUT2D eigenvalue weighted by molar-refractivity contribution is 6.30. The Bertz CT molecular complexity index is 1380. The molecule has 3 aromatic carbocycles. The minimum Gasteiger partial charge on any atom is -0.462 e. The van der Waals surface area contributed by atoms with Gasteiger partial charge >= 0.3 is 12.0 Å². The number of carbonyl (C=O) groups is 2. The van der Waals surface area contributed by atoms with Gasteiger partial charge in [-0.2, -0.15) is 0 Å². The Kier molecular flexibility index (Phi) is 6.29. The molecule has 6 nitrogen and oxygen atoms in total. The number of urea groups is 1. The molecule has 7 heteroatoms. The third-order valence-electron chi connectivity index (χ3n) is 6.04. The first-order chi connectivity index (χ1) is 17.0. The lowest BCUT2D eigenvalue weighted by atomic mass is 10.0. The Balaban J connectivity index is 1.55. The Morgan fingerprint density at radius 1 is 1.00 bits per heavy atom. The second kappa shape index (κ2) is 9.68. The molecule has 0 aliphatic carbocycles. The number of halogens is 1. The van der Waals surface area contributed by atoms with Crippen molar-refractivity contribution in [3.05, 3.63) is 119 Å². The molecule has 0 bridgehead atoms. The topological polar surface area (TPSA) is 63.6 Å². The summed E-state index contributed by atoms with van der Waals surface area (Å²) in [5, 5.41) is 3.62. The number of rotatable bonds is 4. The quantitative estimate of drug-likeness (QED) is 0.338. The fourth-order valence-corrected chi connectivity index (χ4v) is 4.59. The van der Waals surface area contributed by atoms with Gasteiger partial charge in [-0.1, -0.05) is 48.0 Å². The average molecular weight is 486 g/mol. The van der Waals surface area contributed by atoms with Crippen molar-refractivity contribution in [2.75, 3.05) is 11.9 Å². The lowest BCUT2D eigenvalue weighted by Crippen LogP contribution is -2.38. The molecular formula is C28H24ClN3O3. The predicted octanol–water partition coefficient (Wildman–Crippen LogP) is 6.44. The molecule has 2 amide bonds. The average Bonchev–Trinajstić information content (AvgIpc) is 3.29. The summed E-state index contributed by atoms with van der Waals surface area (Å²) in [5.74, 6) is -0.427. The van der Waals surface area contributed by atoms with Gasteiger partial charge in [-0.05, 0) is 66.6 Å². The van der Waals surface area contributed by atoms with Crippen LogP contribution in [0, 0.1) is 0 Å². The van der Waals surface area contributed by atoms with Gasteiger partial charge in [0, 0.05) is 22.6 Å². The molecule has 0 spiro atoms. The highest BCUT2D eigenvalue weighted by Gasteiger charge is 2.33. The fourth-order valence-electron chi connectivity index (χ4n) is 4.47. The van der Waals surface area contributed by atoms with Crippen LogP contribution in [0.2, 0.25) is 5.02 Å². The van der Waals surface area contributed by atoms with E-state index in [0.717, 1.165) is 22.5 Å². The van der Waals surface area contributed by atoms with Crippen molar-refractivity contribution < 1.29 is 14.3 Å². The molecule has 1 N–H and O–H groups in total. The summed E-state index contributed by atoms with van der Waals surface area (Å²) >= 11 is 6.17. The number of para-hydroxylation sites is 1. The highest BCUT2D eigenvalue weighted by Crippen LogP contribution is 2.37. The smallest absolute Gasteiger partial charge is 0.338 e. The van der Waals surface area contributed by atoms with Crippen LogP contribution in [-0.2, 0) is 11.3 Å². The van der Waals surface area contributed by atoms with E-state index in [1.165, 1.54) is 0 Å². The molecule has 176 valence electrons. The number of hydrogen-bond donors (Lipinski definition) is 1. The molecule has 0 fully saturated rings. The number of hydrogen-bond acceptors (Lipinski definition) is 3. The van der Waals surface area contributed by atoms with Crippen LogP contribution < -0.4 is 5.32 Å². The van der Waals surface area contributed by atoms with E-state index >= 15 is 0 Å². The van der Waals surface area contributed by atoms with E-state index in [4.69, 9.17) is 16.3 Å². The van der Waals surface area contributed by atoms with E-state index in [0.29, 0.717) is 22.8 Å². The summed E-state index contributed by atoms with van der Waals surface area (Å²) in [6.45, 7) is 2.44. The van der Waals surface area contributed by atoms with Crippen molar-refractivity contribution in [1.29, 1.82) is 0 Å². The van der Waals surface area contributed by atoms with Crippen LogP contribution in [0.5, 0.6) is 0 Å². The summed E-state index contributed by atoms with van der Waals surface area (Å²) in [7, 11) is 0. The molecule has 0 saturated heterocycles. The Morgan fingerprint density at radius 3 is 2.60 bits per heavy atom. The standard InChI is InChI=1S/C28H24ClN3O3/c1-2-35-27(33)20-8-5-9-23(17-20)30-28(34)32-18-21-7-3-4-10-24(21)31-16-6-11-25(31)26(32)19-12-14-22(29)15-13-19/h3-17,26H,2,18H2,1H3,(H,30,34)/t26-/m1/s1. The minimum absolute atomic E-state index is 0.282. The van der Waals surface area contributed by atoms with Gasteiger partial charge in [0.15, 0.2) is 0 Å². The zero-order chi connectivity index (χ0) is 24.4. The maximum atomic E-state index is 13.8. The number of nitrogens with zero attached hydrogens (tertiary/aromatic N) is 2. The summed E-state index contributed by atoms with van der Waals surface area (Å²) in [4.78, 5) is 27.8. The Hall–Kier alpha value is -4.03. The lowest BCUT2D eigenvalue weighted by molar-refractivity contribution is 0.0526. The van der Waals surface area contributed by atoms with Gasteiger partial charge in [0.1, 0.15) is 0 Å². The van der Waals surface area contributed by atoms with Crippen molar-refractivity contribution in [2.45, 2.75) is 19.5 Å². The van der Waals surface area contributed by atoms with Crippen molar-refractivity contribution >= 4 is 29.3 Å². The fraction of sp³-hybridized carbons (Fsp3) is 0.143. The number of anilines is 1. The number of amides is 2. The Morgan fingerprint density at radius 2 is 1.80 bits per heavy atom. The monoisotopic (exact) mass is 485 g/mol. The number of ether oxygens (including phenoxy) is 1. The van der Waals surface area contributed by atoms with Gasteiger partial charge < -0.3 is 19.5 Å². The third kappa shape index (κ3) is 4.53. The number of nitrogens with one attached hydrogen (secondary N) is 1. The van der Waals surface area contributed by atoms with Crippen LogP contribution in [-0.4, -0.2) is 28.1 Å². The first kappa shape index (κ1) is 22.7. The molecule has 4 aromatic rings. The normalized spacial score (nSPS) is 14.5. The highest BCUT2D eigenvalue weighted by atomic mass is 35.5. The van der Waals surface area contributed by atoms with Crippen LogP contribution in [0.25, 0.3) is 5.69 Å². The largest absolute Gasteiger partial charge is 0.462 e.